The summed E-state index contributed by atoms with van der Waals surface area (Å²) in [5.74, 6) is -0.288. The van der Waals surface area contributed by atoms with E-state index in [2.05, 4.69) is 26.2 Å². The Morgan fingerprint density at radius 1 is 1.17 bits per heavy atom. The lowest BCUT2D eigenvalue weighted by molar-refractivity contribution is 0.102. The molecule has 0 spiro atoms. The molecule has 0 saturated heterocycles. The number of halogens is 3. The minimum Gasteiger partial charge on any atom is -0.321 e. The molecule has 0 saturated carbocycles. The first kappa shape index (κ1) is 13.3. The fraction of sp³-hybridized carbons (Fsp3) is 0. The Kier molecular flexibility index (Phi) is 4.22. The van der Waals surface area contributed by atoms with Crippen molar-refractivity contribution in [2.75, 3.05) is 5.32 Å². The second-order valence-electron chi connectivity index (χ2n) is 3.48. The Balaban J connectivity index is 2.19. The highest BCUT2D eigenvalue weighted by Gasteiger charge is 2.08. The molecule has 0 radical (unpaired) electrons. The summed E-state index contributed by atoms with van der Waals surface area (Å²) in [7, 11) is 0. The minimum absolute atomic E-state index is 0.288. The third-order valence-electron chi connectivity index (χ3n) is 2.11. The van der Waals surface area contributed by atoms with Crippen LogP contribution in [0.1, 0.15) is 10.4 Å². The van der Waals surface area contributed by atoms with Crippen LogP contribution in [-0.4, -0.2) is 10.9 Å². The minimum atomic E-state index is -0.288. The number of pyridine rings is 1. The lowest BCUT2D eigenvalue weighted by Crippen LogP contribution is -2.12. The zero-order chi connectivity index (χ0) is 13.1. The van der Waals surface area contributed by atoms with Crippen LogP contribution in [0.3, 0.4) is 0 Å². The number of carbonyl (C=O) groups is 1. The summed E-state index contributed by atoms with van der Waals surface area (Å²) in [6.45, 7) is 0. The number of nitrogens with one attached hydrogen (secondary N) is 1. The van der Waals surface area contributed by atoms with Gasteiger partial charge in [-0.25, -0.2) is 4.98 Å². The van der Waals surface area contributed by atoms with E-state index in [1.807, 2.05) is 0 Å². The third-order valence-corrected chi connectivity index (χ3v) is 3.02. The Labute approximate surface area is 122 Å². The molecule has 1 heterocycles. The molecule has 0 aliphatic rings. The highest BCUT2D eigenvalue weighted by molar-refractivity contribution is 9.10. The Hall–Kier alpha value is -1.10. The van der Waals surface area contributed by atoms with Crippen LogP contribution >= 0.6 is 39.1 Å². The summed E-state index contributed by atoms with van der Waals surface area (Å²) >= 11 is 14.9. The van der Waals surface area contributed by atoms with Gasteiger partial charge in [0.1, 0.15) is 4.60 Å². The van der Waals surface area contributed by atoms with E-state index >= 15 is 0 Å². The number of aromatic nitrogens is 1. The topological polar surface area (TPSA) is 42.0 Å². The van der Waals surface area contributed by atoms with E-state index in [9.17, 15) is 4.79 Å². The molecule has 18 heavy (non-hydrogen) atoms. The average Bonchev–Trinajstić information content (AvgIpc) is 2.31. The SMILES string of the molecule is O=C(Nc1ccc(Br)nc1)c1cc(Cl)cc(Cl)c1. The van der Waals surface area contributed by atoms with Gasteiger partial charge in [0.05, 0.1) is 11.9 Å². The number of benzene rings is 1. The summed E-state index contributed by atoms with van der Waals surface area (Å²) in [6.07, 6.45) is 1.55. The number of carbonyl (C=O) groups excluding carboxylic acids is 1. The molecule has 1 aromatic heterocycles. The molecular weight excluding hydrogens is 339 g/mol. The fourth-order valence-corrected chi connectivity index (χ4v) is 2.10. The molecule has 92 valence electrons. The zero-order valence-corrected chi connectivity index (χ0v) is 12.1. The first-order chi connectivity index (χ1) is 8.54. The lowest BCUT2D eigenvalue weighted by atomic mass is 10.2. The Morgan fingerprint density at radius 2 is 1.83 bits per heavy atom. The number of nitrogens with zero attached hydrogens (tertiary/aromatic N) is 1. The normalized spacial score (nSPS) is 10.2. The van der Waals surface area contributed by atoms with Crippen LogP contribution in [0, 0.1) is 0 Å². The standard InChI is InChI=1S/C12H7BrCl2N2O/c13-11-2-1-10(6-16-11)17-12(18)7-3-8(14)5-9(15)4-7/h1-6H,(H,17,18). The van der Waals surface area contributed by atoms with Gasteiger partial charge in [-0.15, -0.1) is 0 Å². The van der Waals surface area contributed by atoms with Gasteiger partial charge in [-0.2, -0.15) is 0 Å². The van der Waals surface area contributed by atoms with Gasteiger partial charge in [0.2, 0.25) is 0 Å². The van der Waals surface area contributed by atoms with Crippen molar-refractivity contribution in [2.24, 2.45) is 0 Å². The number of anilines is 1. The van der Waals surface area contributed by atoms with Crippen LogP contribution in [0.5, 0.6) is 0 Å². The molecule has 0 fully saturated rings. The third kappa shape index (κ3) is 3.45. The highest BCUT2D eigenvalue weighted by atomic mass is 79.9. The molecule has 0 aliphatic carbocycles. The van der Waals surface area contributed by atoms with Crippen LogP contribution in [0.4, 0.5) is 5.69 Å². The zero-order valence-electron chi connectivity index (χ0n) is 8.95. The van der Waals surface area contributed by atoms with Crippen LogP contribution in [0.15, 0.2) is 41.1 Å². The van der Waals surface area contributed by atoms with Crippen molar-refractivity contribution in [1.29, 1.82) is 0 Å². The summed E-state index contributed by atoms with van der Waals surface area (Å²) < 4.78 is 0.700. The largest absolute Gasteiger partial charge is 0.321 e. The van der Waals surface area contributed by atoms with Crippen molar-refractivity contribution in [3.05, 3.63) is 56.7 Å². The molecule has 0 bridgehead atoms. The number of amides is 1. The van der Waals surface area contributed by atoms with Crippen LogP contribution in [-0.2, 0) is 0 Å². The first-order valence-electron chi connectivity index (χ1n) is 4.93. The number of rotatable bonds is 2. The Bertz CT molecular complexity index is 567. The van der Waals surface area contributed by atoms with Crippen molar-refractivity contribution in [2.45, 2.75) is 0 Å². The molecule has 3 nitrogen and oxygen atoms in total. The van der Waals surface area contributed by atoms with E-state index in [0.717, 1.165) is 0 Å². The maximum Gasteiger partial charge on any atom is 0.255 e. The molecule has 6 heteroatoms. The molecule has 2 rings (SSSR count). The van der Waals surface area contributed by atoms with Crippen molar-refractivity contribution in [3.63, 3.8) is 0 Å². The van der Waals surface area contributed by atoms with Crippen LogP contribution < -0.4 is 5.32 Å². The quantitative estimate of drug-likeness (QED) is 0.819. The molecule has 1 N–H and O–H groups in total. The van der Waals surface area contributed by atoms with Crippen LogP contribution in [0.25, 0.3) is 0 Å². The second kappa shape index (κ2) is 5.69. The van der Waals surface area contributed by atoms with Gasteiger partial charge in [0.25, 0.3) is 5.91 Å². The van der Waals surface area contributed by atoms with Gasteiger partial charge < -0.3 is 5.32 Å². The smallest absolute Gasteiger partial charge is 0.255 e. The van der Waals surface area contributed by atoms with E-state index in [1.54, 1.807) is 36.5 Å². The fourth-order valence-electron chi connectivity index (χ4n) is 1.34. The van der Waals surface area contributed by atoms with Gasteiger partial charge in [0, 0.05) is 15.6 Å². The predicted octanol–water partition coefficient (Wildman–Crippen LogP) is 4.40. The molecule has 2 aromatic rings. The van der Waals surface area contributed by atoms with E-state index in [4.69, 9.17) is 23.2 Å². The molecule has 0 unspecified atom stereocenters. The van der Waals surface area contributed by atoms with E-state index in [1.165, 1.54) is 0 Å². The van der Waals surface area contributed by atoms with E-state index < -0.39 is 0 Å². The van der Waals surface area contributed by atoms with Gasteiger partial charge in [0.15, 0.2) is 0 Å². The Morgan fingerprint density at radius 3 is 2.39 bits per heavy atom. The number of hydrogen-bond donors (Lipinski definition) is 1. The first-order valence-corrected chi connectivity index (χ1v) is 6.48. The van der Waals surface area contributed by atoms with Gasteiger partial charge in [-0.3, -0.25) is 4.79 Å². The lowest BCUT2D eigenvalue weighted by Gasteiger charge is -2.05. The number of hydrogen-bond acceptors (Lipinski definition) is 2. The summed E-state index contributed by atoms with van der Waals surface area (Å²) in [5, 5.41) is 3.54. The van der Waals surface area contributed by atoms with Crippen LogP contribution in [0.2, 0.25) is 10.0 Å². The monoisotopic (exact) mass is 344 g/mol. The van der Waals surface area contributed by atoms with E-state index in [0.29, 0.717) is 25.9 Å². The summed E-state index contributed by atoms with van der Waals surface area (Å²) in [4.78, 5) is 15.9. The molecule has 0 aliphatic heterocycles. The summed E-state index contributed by atoms with van der Waals surface area (Å²) in [6, 6.07) is 8.15. The maximum absolute atomic E-state index is 11.9. The van der Waals surface area contributed by atoms with Gasteiger partial charge >= 0.3 is 0 Å². The molecular formula is C12H7BrCl2N2O. The van der Waals surface area contributed by atoms with Crippen molar-refractivity contribution in [1.82, 2.24) is 4.98 Å². The summed E-state index contributed by atoms with van der Waals surface area (Å²) in [5.41, 5.74) is 0.995. The maximum atomic E-state index is 11.9. The van der Waals surface area contributed by atoms with Crippen molar-refractivity contribution >= 4 is 50.7 Å². The highest BCUT2D eigenvalue weighted by Crippen LogP contribution is 2.20. The predicted molar refractivity (Wildman–Crippen MR) is 76.4 cm³/mol. The van der Waals surface area contributed by atoms with Gasteiger partial charge in [-0.05, 0) is 46.3 Å². The van der Waals surface area contributed by atoms with Crippen molar-refractivity contribution in [3.8, 4) is 0 Å². The van der Waals surface area contributed by atoms with Gasteiger partial charge in [-0.1, -0.05) is 23.2 Å². The van der Waals surface area contributed by atoms with Crippen molar-refractivity contribution < 1.29 is 4.79 Å². The molecule has 1 amide bonds. The molecule has 0 atom stereocenters. The molecule has 1 aromatic carbocycles. The second-order valence-corrected chi connectivity index (χ2v) is 5.17. The average molecular weight is 346 g/mol. The van der Waals surface area contributed by atoms with E-state index in [-0.39, 0.29) is 5.91 Å².